The van der Waals surface area contributed by atoms with Crippen molar-refractivity contribution in [1.29, 1.82) is 0 Å². The van der Waals surface area contributed by atoms with Gasteiger partial charge in [0.1, 0.15) is 5.01 Å². The first-order valence-electron chi connectivity index (χ1n) is 6.92. The highest BCUT2D eigenvalue weighted by molar-refractivity contribution is 7.91. The molecule has 1 aliphatic heterocycles. The van der Waals surface area contributed by atoms with E-state index in [1.807, 2.05) is 23.6 Å². The van der Waals surface area contributed by atoms with Crippen molar-refractivity contribution in [1.82, 2.24) is 15.3 Å². The standard InChI is InChI=1S/C14H17N3O2S2/c18-21(19)7-3-4-11(10-21)16-8-12-9-20-14(17-12)13-5-1-2-6-15-13/h1-2,5-6,9,11,16H,3-4,7-8,10H2. The number of rotatable bonds is 4. The minimum absolute atomic E-state index is 0.0451. The number of thiazole rings is 1. The van der Waals surface area contributed by atoms with Gasteiger partial charge in [-0.2, -0.15) is 0 Å². The Bertz CT molecular complexity index is 698. The first-order chi connectivity index (χ1) is 10.1. The minimum Gasteiger partial charge on any atom is -0.307 e. The molecular formula is C14H17N3O2S2. The van der Waals surface area contributed by atoms with E-state index in [9.17, 15) is 8.42 Å². The van der Waals surface area contributed by atoms with Gasteiger partial charge in [0.15, 0.2) is 9.84 Å². The highest BCUT2D eigenvalue weighted by atomic mass is 32.2. The third-order valence-corrected chi connectivity index (χ3v) is 6.21. The molecule has 0 spiro atoms. The smallest absolute Gasteiger partial charge is 0.151 e. The van der Waals surface area contributed by atoms with E-state index in [4.69, 9.17) is 0 Å². The zero-order chi connectivity index (χ0) is 14.7. The number of sulfone groups is 1. The van der Waals surface area contributed by atoms with E-state index in [0.29, 0.717) is 12.3 Å². The summed E-state index contributed by atoms with van der Waals surface area (Å²) in [5, 5.41) is 6.19. The van der Waals surface area contributed by atoms with Crippen molar-refractivity contribution in [2.75, 3.05) is 11.5 Å². The Kier molecular flexibility index (Phi) is 4.32. The molecule has 1 aliphatic rings. The molecule has 7 heteroatoms. The number of pyridine rings is 1. The fourth-order valence-electron chi connectivity index (χ4n) is 2.43. The second-order valence-electron chi connectivity index (χ2n) is 5.19. The Balaban J connectivity index is 1.60. The lowest BCUT2D eigenvalue weighted by molar-refractivity contribution is 0.478. The SMILES string of the molecule is O=S1(=O)CCCC(NCc2csc(-c3ccccn3)n2)C1. The normalized spacial score (nSPS) is 21.2. The molecule has 112 valence electrons. The van der Waals surface area contributed by atoms with Crippen LogP contribution in [0.4, 0.5) is 0 Å². The highest BCUT2D eigenvalue weighted by Gasteiger charge is 2.24. The molecular weight excluding hydrogens is 306 g/mol. The molecule has 1 fully saturated rings. The quantitative estimate of drug-likeness (QED) is 0.930. The average molecular weight is 323 g/mol. The molecule has 1 N–H and O–H groups in total. The van der Waals surface area contributed by atoms with Crippen LogP contribution in [0.3, 0.4) is 0 Å². The molecule has 3 rings (SSSR count). The van der Waals surface area contributed by atoms with Crippen LogP contribution in [0.2, 0.25) is 0 Å². The first-order valence-corrected chi connectivity index (χ1v) is 9.62. The molecule has 21 heavy (non-hydrogen) atoms. The summed E-state index contributed by atoms with van der Waals surface area (Å²) in [5.74, 6) is 0.565. The van der Waals surface area contributed by atoms with Crippen molar-refractivity contribution in [2.45, 2.75) is 25.4 Å². The maximum atomic E-state index is 11.6. The summed E-state index contributed by atoms with van der Waals surface area (Å²) < 4.78 is 23.2. The zero-order valence-corrected chi connectivity index (χ0v) is 13.2. The van der Waals surface area contributed by atoms with Crippen molar-refractivity contribution in [3.63, 3.8) is 0 Å². The number of nitrogens with one attached hydrogen (secondary N) is 1. The van der Waals surface area contributed by atoms with E-state index < -0.39 is 9.84 Å². The van der Waals surface area contributed by atoms with Crippen molar-refractivity contribution in [3.8, 4) is 10.7 Å². The number of hydrogen-bond donors (Lipinski definition) is 1. The summed E-state index contributed by atoms with van der Waals surface area (Å²) in [4.78, 5) is 8.82. The van der Waals surface area contributed by atoms with Crippen LogP contribution in [-0.4, -0.2) is 35.9 Å². The van der Waals surface area contributed by atoms with Gasteiger partial charge in [-0.05, 0) is 25.0 Å². The third kappa shape index (κ3) is 3.87. The molecule has 1 saturated heterocycles. The van der Waals surface area contributed by atoms with E-state index in [2.05, 4.69) is 15.3 Å². The molecule has 0 amide bonds. The molecule has 2 aromatic heterocycles. The third-order valence-electron chi connectivity index (χ3n) is 3.47. The van der Waals surface area contributed by atoms with Crippen LogP contribution < -0.4 is 5.32 Å². The summed E-state index contributed by atoms with van der Waals surface area (Å²) in [6.07, 6.45) is 3.41. The maximum Gasteiger partial charge on any atom is 0.151 e. The predicted molar refractivity (Wildman–Crippen MR) is 83.9 cm³/mol. The van der Waals surface area contributed by atoms with Gasteiger partial charge in [0, 0.05) is 24.2 Å². The van der Waals surface area contributed by atoms with Crippen LogP contribution in [-0.2, 0) is 16.4 Å². The van der Waals surface area contributed by atoms with Crippen molar-refractivity contribution >= 4 is 21.2 Å². The summed E-state index contributed by atoms with van der Waals surface area (Å²) in [6, 6.07) is 5.80. The van der Waals surface area contributed by atoms with E-state index in [0.717, 1.165) is 29.2 Å². The van der Waals surface area contributed by atoms with Crippen LogP contribution in [0.25, 0.3) is 10.7 Å². The second-order valence-corrected chi connectivity index (χ2v) is 8.28. The van der Waals surface area contributed by atoms with E-state index >= 15 is 0 Å². The summed E-state index contributed by atoms with van der Waals surface area (Å²) >= 11 is 1.56. The van der Waals surface area contributed by atoms with Crippen molar-refractivity contribution in [2.24, 2.45) is 0 Å². The van der Waals surface area contributed by atoms with E-state index in [1.54, 1.807) is 17.5 Å². The molecule has 2 aromatic rings. The molecule has 0 aromatic carbocycles. The summed E-state index contributed by atoms with van der Waals surface area (Å²) in [7, 11) is -2.86. The Labute approximate surface area is 128 Å². The molecule has 0 aliphatic carbocycles. The van der Waals surface area contributed by atoms with Gasteiger partial charge in [-0.1, -0.05) is 6.07 Å². The topological polar surface area (TPSA) is 72.0 Å². The van der Waals surface area contributed by atoms with Crippen LogP contribution in [0.1, 0.15) is 18.5 Å². The molecule has 0 radical (unpaired) electrons. The largest absolute Gasteiger partial charge is 0.307 e. The van der Waals surface area contributed by atoms with Gasteiger partial charge < -0.3 is 5.32 Å². The summed E-state index contributed by atoms with van der Waals surface area (Å²) in [6.45, 7) is 0.601. The summed E-state index contributed by atoms with van der Waals surface area (Å²) in [5.41, 5.74) is 1.80. The molecule has 5 nitrogen and oxygen atoms in total. The second kappa shape index (κ2) is 6.21. The lowest BCUT2D eigenvalue weighted by Crippen LogP contribution is -2.39. The van der Waals surface area contributed by atoms with Crippen LogP contribution >= 0.6 is 11.3 Å². The van der Waals surface area contributed by atoms with Crippen LogP contribution in [0, 0.1) is 0 Å². The molecule has 3 heterocycles. The first kappa shape index (κ1) is 14.6. The zero-order valence-electron chi connectivity index (χ0n) is 11.5. The Morgan fingerprint density at radius 3 is 3.05 bits per heavy atom. The maximum absolute atomic E-state index is 11.6. The van der Waals surface area contributed by atoms with Gasteiger partial charge in [-0.25, -0.2) is 13.4 Å². The molecule has 0 saturated carbocycles. The average Bonchev–Trinajstić information content (AvgIpc) is 2.94. The van der Waals surface area contributed by atoms with Crippen molar-refractivity contribution in [3.05, 3.63) is 35.5 Å². The van der Waals surface area contributed by atoms with Gasteiger partial charge in [0.05, 0.1) is 22.9 Å². The van der Waals surface area contributed by atoms with Crippen LogP contribution in [0.15, 0.2) is 29.8 Å². The van der Waals surface area contributed by atoms with E-state index in [1.165, 1.54) is 0 Å². The fraction of sp³-hybridized carbons (Fsp3) is 0.429. The monoisotopic (exact) mass is 323 g/mol. The highest BCUT2D eigenvalue weighted by Crippen LogP contribution is 2.21. The van der Waals surface area contributed by atoms with Gasteiger partial charge in [0.2, 0.25) is 0 Å². The van der Waals surface area contributed by atoms with Gasteiger partial charge in [-0.3, -0.25) is 4.98 Å². The number of hydrogen-bond acceptors (Lipinski definition) is 6. The fourth-order valence-corrected chi connectivity index (χ4v) is 4.89. The predicted octanol–water partition coefficient (Wildman–Crippen LogP) is 1.87. The Morgan fingerprint density at radius 1 is 1.38 bits per heavy atom. The van der Waals surface area contributed by atoms with Crippen molar-refractivity contribution < 1.29 is 8.42 Å². The van der Waals surface area contributed by atoms with Gasteiger partial charge in [0.25, 0.3) is 0 Å². The van der Waals surface area contributed by atoms with Gasteiger partial charge in [-0.15, -0.1) is 11.3 Å². The number of aromatic nitrogens is 2. The number of nitrogens with zero attached hydrogens (tertiary/aromatic N) is 2. The lowest BCUT2D eigenvalue weighted by atomic mass is 10.2. The van der Waals surface area contributed by atoms with Crippen LogP contribution in [0.5, 0.6) is 0 Å². The Hall–Kier alpha value is -1.31. The van der Waals surface area contributed by atoms with E-state index in [-0.39, 0.29) is 11.8 Å². The molecule has 0 bridgehead atoms. The van der Waals surface area contributed by atoms with Gasteiger partial charge >= 0.3 is 0 Å². The Morgan fingerprint density at radius 2 is 2.29 bits per heavy atom. The lowest BCUT2D eigenvalue weighted by Gasteiger charge is -2.22. The molecule has 1 unspecified atom stereocenters. The minimum atomic E-state index is -2.86. The molecule has 1 atom stereocenters.